The van der Waals surface area contributed by atoms with Crippen LogP contribution in [-0.2, 0) is 9.59 Å². The lowest BCUT2D eigenvalue weighted by molar-refractivity contribution is -0.119. The molecule has 3 nitrogen and oxygen atoms in total. The lowest BCUT2D eigenvalue weighted by Gasteiger charge is -2.03. The molecular formula is C10H21NO2. The third-order valence-corrected chi connectivity index (χ3v) is 1.33. The molecule has 0 rings (SSSR count). The summed E-state index contributed by atoms with van der Waals surface area (Å²) in [6, 6.07) is -0.455. The summed E-state index contributed by atoms with van der Waals surface area (Å²) >= 11 is 0. The second-order valence-corrected chi connectivity index (χ2v) is 3.16. The van der Waals surface area contributed by atoms with E-state index in [4.69, 9.17) is 5.73 Å². The van der Waals surface area contributed by atoms with Crippen molar-refractivity contribution in [2.45, 2.75) is 53.0 Å². The fourth-order valence-electron chi connectivity index (χ4n) is 0.562. The van der Waals surface area contributed by atoms with Crippen LogP contribution in [0.3, 0.4) is 0 Å². The van der Waals surface area contributed by atoms with Gasteiger partial charge in [-0.2, -0.15) is 0 Å². The molecule has 1 atom stereocenters. The highest BCUT2D eigenvalue weighted by atomic mass is 16.1. The first kappa shape index (κ1) is 14.8. The van der Waals surface area contributed by atoms with Gasteiger partial charge in [0.2, 0.25) is 0 Å². The van der Waals surface area contributed by atoms with Gasteiger partial charge in [0.1, 0.15) is 11.6 Å². The van der Waals surface area contributed by atoms with E-state index in [-0.39, 0.29) is 11.6 Å². The van der Waals surface area contributed by atoms with E-state index in [2.05, 4.69) is 13.8 Å². The molecule has 0 saturated heterocycles. The Balaban J connectivity index is 0. The summed E-state index contributed by atoms with van der Waals surface area (Å²) in [6.45, 7) is 7.18. The van der Waals surface area contributed by atoms with E-state index in [1.807, 2.05) is 0 Å². The van der Waals surface area contributed by atoms with E-state index < -0.39 is 6.04 Å². The van der Waals surface area contributed by atoms with Gasteiger partial charge < -0.3 is 10.5 Å². The van der Waals surface area contributed by atoms with Crippen molar-refractivity contribution in [1.29, 1.82) is 0 Å². The summed E-state index contributed by atoms with van der Waals surface area (Å²) in [6.07, 6.45) is 2.13. The average Bonchev–Trinajstić information content (AvgIpc) is 2.01. The van der Waals surface area contributed by atoms with Crippen molar-refractivity contribution in [2.75, 3.05) is 0 Å². The Morgan fingerprint density at radius 2 is 1.62 bits per heavy atom. The number of hydrogen-bond donors (Lipinski definition) is 1. The second kappa shape index (κ2) is 9.39. The van der Waals surface area contributed by atoms with Gasteiger partial charge in [0.25, 0.3) is 0 Å². The van der Waals surface area contributed by atoms with E-state index in [0.29, 0.717) is 12.8 Å². The number of ketones is 2. The minimum atomic E-state index is -0.455. The molecule has 0 aromatic rings. The molecule has 0 aliphatic carbocycles. The van der Waals surface area contributed by atoms with Gasteiger partial charge in [-0.3, -0.25) is 4.79 Å². The summed E-state index contributed by atoms with van der Waals surface area (Å²) in [7, 11) is 0. The van der Waals surface area contributed by atoms with Gasteiger partial charge in [-0.05, 0) is 20.3 Å². The van der Waals surface area contributed by atoms with Crippen molar-refractivity contribution in [2.24, 2.45) is 5.73 Å². The zero-order valence-corrected chi connectivity index (χ0v) is 9.09. The van der Waals surface area contributed by atoms with Gasteiger partial charge in [0, 0.05) is 6.42 Å². The van der Waals surface area contributed by atoms with Crippen LogP contribution in [0.25, 0.3) is 0 Å². The minimum Gasteiger partial charge on any atom is -0.322 e. The maximum Gasteiger partial charge on any atom is 0.146 e. The van der Waals surface area contributed by atoms with Crippen molar-refractivity contribution in [1.82, 2.24) is 0 Å². The van der Waals surface area contributed by atoms with Crippen molar-refractivity contribution in [3.05, 3.63) is 0 Å². The monoisotopic (exact) mass is 187 g/mol. The highest BCUT2D eigenvalue weighted by Gasteiger charge is 2.07. The molecule has 0 bridgehead atoms. The first-order valence-corrected chi connectivity index (χ1v) is 4.71. The first-order chi connectivity index (χ1) is 5.95. The van der Waals surface area contributed by atoms with Gasteiger partial charge in [-0.15, -0.1) is 0 Å². The Bertz CT molecular complexity index is 155. The topological polar surface area (TPSA) is 60.2 Å². The maximum atomic E-state index is 10.5. The summed E-state index contributed by atoms with van der Waals surface area (Å²) in [4.78, 5) is 20.9. The van der Waals surface area contributed by atoms with Crippen LogP contribution in [0.1, 0.15) is 47.0 Å². The standard InChI is InChI=1S/C7H13NO2.C3H8/c1-5(9)3-4-7(8)6(2)10;1-3-2/h7H,3-4,8H2,1-2H3;3H2,1-2H3. The molecule has 0 aliphatic heterocycles. The Kier molecular flexibility index (Phi) is 10.7. The van der Waals surface area contributed by atoms with Crippen LogP contribution in [0.2, 0.25) is 0 Å². The van der Waals surface area contributed by atoms with Gasteiger partial charge >= 0.3 is 0 Å². The molecular weight excluding hydrogens is 166 g/mol. The molecule has 3 heteroatoms. The molecule has 0 radical (unpaired) electrons. The summed E-state index contributed by atoms with van der Waals surface area (Å²) < 4.78 is 0. The van der Waals surface area contributed by atoms with Crippen LogP contribution in [0.15, 0.2) is 0 Å². The third-order valence-electron chi connectivity index (χ3n) is 1.33. The second-order valence-electron chi connectivity index (χ2n) is 3.16. The first-order valence-electron chi connectivity index (χ1n) is 4.71. The predicted octanol–water partition coefficient (Wildman–Crippen LogP) is 1.69. The maximum absolute atomic E-state index is 10.5. The molecule has 78 valence electrons. The number of rotatable bonds is 4. The van der Waals surface area contributed by atoms with Crippen LogP contribution >= 0.6 is 0 Å². The van der Waals surface area contributed by atoms with Gasteiger partial charge in [-0.1, -0.05) is 20.3 Å². The molecule has 0 aromatic carbocycles. The van der Waals surface area contributed by atoms with Crippen LogP contribution in [-0.4, -0.2) is 17.6 Å². The van der Waals surface area contributed by atoms with E-state index in [1.165, 1.54) is 20.3 Å². The third kappa shape index (κ3) is 14.2. The van der Waals surface area contributed by atoms with Crippen LogP contribution in [0, 0.1) is 0 Å². The highest BCUT2D eigenvalue weighted by molar-refractivity contribution is 5.82. The Morgan fingerprint density at radius 3 is 1.85 bits per heavy atom. The van der Waals surface area contributed by atoms with Crippen molar-refractivity contribution < 1.29 is 9.59 Å². The van der Waals surface area contributed by atoms with Gasteiger partial charge in [0.15, 0.2) is 0 Å². The Hall–Kier alpha value is -0.700. The zero-order valence-electron chi connectivity index (χ0n) is 9.09. The van der Waals surface area contributed by atoms with E-state index in [0.717, 1.165) is 0 Å². The molecule has 0 spiro atoms. The fraction of sp³-hybridized carbons (Fsp3) is 0.800. The minimum absolute atomic E-state index is 0.0544. The largest absolute Gasteiger partial charge is 0.322 e. The van der Waals surface area contributed by atoms with Crippen LogP contribution in [0.4, 0.5) is 0 Å². The Labute approximate surface area is 80.7 Å². The number of carbonyl (C=O) groups excluding carboxylic acids is 2. The number of Topliss-reactive ketones (excluding diaryl/α,β-unsaturated/α-hetero) is 2. The molecule has 2 N–H and O–H groups in total. The van der Waals surface area contributed by atoms with E-state index >= 15 is 0 Å². The average molecular weight is 187 g/mol. The molecule has 13 heavy (non-hydrogen) atoms. The number of carbonyl (C=O) groups is 2. The fourth-order valence-corrected chi connectivity index (χ4v) is 0.562. The van der Waals surface area contributed by atoms with Crippen molar-refractivity contribution >= 4 is 11.6 Å². The van der Waals surface area contributed by atoms with Gasteiger partial charge in [-0.25, -0.2) is 0 Å². The molecule has 0 fully saturated rings. The van der Waals surface area contributed by atoms with Crippen molar-refractivity contribution in [3.63, 3.8) is 0 Å². The SMILES string of the molecule is CC(=O)CCC(N)C(C)=O.CCC. The number of nitrogens with two attached hydrogens (primary N) is 1. The van der Waals surface area contributed by atoms with Crippen molar-refractivity contribution in [3.8, 4) is 0 Å². The normalized spacial score (nSPS) is 11.2. The van der Waals surface area contributed by atoms with E-state index in [1.54, 1.807) is 0 Å². The molecule has 0 aliphatic rings. The smallest absolute Gasteiger partial charge is 0.146 e. The van der Waals surface area contributed by atoms with Gasteiger partial charge in [0.05, 0.1) is 6.04 Å². The lowest BCUT2D eigenvalue weighted by Crippen LogP contribution is -2.28. The van der Waals surface area contributed by atoms with Crippen LogP contribution < -0.4 is 5.73 Å². The summed E-state index contributed by atoms with van der Waals surface area (Å²) in [5, 5.41) is 0. The molecule has 0 amide bonds. The zero-order chi connectivity index (χ0) is 10.9. The molecule has 0 aromatic heterocycles. The molecule has 0 saturated carbocycles. The highest BCUT2D eigenvalue weighted by Crippen LogP contribution is 1.95. The summed E-state index contributed by atoms with van der Waals surface area (Å²) in [5.41, 5.74) is 5.36. The lowest BCUT2D eigenvalue weighted by atomic mass is 10.1. The molecule has 0 heterocycles. The van der Waals surface area contributed by atoms with Crippen LogP contribution in [0.5, 0.6) is 0 Å². The summed E-state index contributed by atoms with van der Waals surface area (Å²) in [5.74, 6) is 0.0259. The van der Waals surface area contributed by atoms with E-state index in [9.17, 15) is 9.59 Å². The number of hydrogen-bond acceptors (Lipinski definition) is 3. The Morgan fingerprint density at radius 1 is 1.23 bits per heavy atom. The quantitative estimate of drug-likeness (QED) is 0.728. The molecule has 1 unspecified atom stereocenters. The predicted molar refractivity (Wildman–Crippen MR) is 54.5 cm³/mol.